The number of methoxy groups -OCH3 is 2. The van der Waals surface area contributed by atoms with Crippen molar-refractivity contribution in [2.24, 2.45) is 5.11 Å². The van der Waals surface area contributed by atoms with Crippen LogP contribution >= 0.6 is 69.6 Å². The maximum atomic E-state index is 15.3. The minimum atomic E-state index is -2.96. The molecular formula is C80H77Cl6N5O29. The summed E-state index contributed by atoms with van der Waals surface area (Å²) in [5.41, 5.74) is 9.41. The van der Waals surface area contributed by atoms with Crippen LogP contribution in [-0.2, 0) is 119 Å². The highest BCUT2D eigenvalue weighted by molar-refractivity contribution is 6.76. The van der Waals surface area contributed by atoms with Crippen LogP contribution in [0.4, 0.5) is 0 Å². The molecule has 0 aromatic heterocycles. The molecule has 120 heavy (non-hydrogen) atoms. The predicted molar refractivity (Wildman–Crippen MR) is 415 cm³/mol. The number of ether oxygens (including phenoxy) is 19. The van der Waals surface area contributed by atoms with Crippen molar-refractivity contribution in [1.29, 1.82) is 0 Å². The summed E-state index contributed by atoms with van der Waals surface area (Å²) in [6.07, 6.45) is -40.3. The minimum Gasteiger partial charge on any atom is -0.467 e. The average molecular weight is 1790 g/mol. The summed E-state index contributed by atoms with van der Waals surface area (Å²) in [7, 11) is 1.87. The number of carbonyl (C=O) groups excluding carboxylic acids is 10. The van der Waals surface area contributed by atoms with Crippen molar-refractivity contribution in [3.63, 3.8) is 0 Å². The molecule has 0 radical (unpaired) electrons. The summed E-state index contributed by atoms with van der Waals surface area (Å²) in [5.74, 6) is -11.7. The molecule has 0 saturated carbocycles. The number of azide groups is 1. The van der Waals surface area contributed by atoms with E-state index in [1.807, 2.05) is 0 Å². The topological polar surface area (TPSA) is 419 Å². The standard InChI is InChI=1S/C80H77Cl6N5O29/c1-41(92)35-36-50(93)109-55-51(89-77(100)79(81,82)83)73(107-48-39-105-71(114-53(48)55)46-31-18-8-19-32-46)118-58-60(111-66(95)43-25-12-5-13-26-43)64(113-68(97)45-29-16-7-17-30-45)76(120-62(58)70(99)103-3)116-56-52(90-78(101)80(84,85)86)74(108-49-40-106-72(115-54(49)56)47-33-20-9-21-34-47)117-57-59(110-65(94)42-23-10-4-11-24-42)63(112-67(96)44-27-14-6-15-28-44)75(104-38-22-37-88-91-87)119-61(57)69(98)102-2/h4-21,23-34,48-49,51-64,71-76H,22,35-40H2,1-3H3,(H,89,100)(H,90,101)/t48-,49-,51-,52-,53-,54-,55-,56-,57+,58+,59+,60+,61+,62+,63-,64-,71-,72-,73+,74+,75-,76-/m1/s1. The molecular weight excluding hydrogens is 1710 g/mol. The van der Waals surface area contributed by atoms with Gasteiger partial charge in [-0.2, -0.15) is 0 Å². The molecule has 6 aliphatic heterocycles. The summed E-state index contributed by atoms with van der Waals surface area (Å²) >= 11 is 38.3. The van der Waals surface area contributed by atoms with E-state index in [2.05, 4.69) is 20.7 Å². The first-order valence-electron chi connectivity index (χ1n) is 37.2. The third-order valence-electron chi connectivity index (χ3n) is 19.4. The van der Waals surface area contributed by atoms with E-state index in [-0.39, 0.29) is 48.2 Å². The van der Waals surface area contributed by atoms with Gasteiger partial charge >= 0.3 is 41.8 Å². The van der Waals surface area contributed by atoms with Crippen LogP contribution in [-0.4, -0.2) is 230 Å². The molecule has 12 rings (SSSR count). The van der Waals surface area contributed by atoms with E-state index in [0.29, 0.717) is 11.1 Å². The lowest BCUT2D eigenvalue weighted by Gasteiger charge is -2.53. The Balaban J connectivity index is 1.03. The number of hydrogen-bond acceptors (Lipinski definition) is 30. The maximum absolute atomic E-state index is 15.3. The molecule has 0 bridgehead atoms. The normalized spacial score (nSPS) is 29.0. The van der Waals surface area contributed by atoms with Crippen LogP contribution in [0.15, 0.2) is 187 Å². The number of halogens is 6. The highest BCUT2D eigenvalue weighted by Crippen LogP contribution is 2.45. The number of esters is 7. The highest BCUT2D eigenvalue weighted by atomic mass is 35.6. The monoisotopic (exact) mass is 1780 g/mol. The van der Waals surface area contributed by atoms with Gasteiger partial charge in [0, 0.05) is 29.0 Å². The van der Waals surface area contributed by atoms with E-state index >= 15 is 14.4 Å². The summed E-state index contributed by atoms with van der Waals surface area (Å²) in [5, 5.41) is 8.64. The molecule has 0 spiro atoms. The first-order chi connectivity index (χ1) is 57.7. The summed E-state index contributed by atoms with van der Waals surface area (Å²) in [6.45, 7) is -0.181. The molecule has 2 amide bonds. The molecule has 0 unspecified atom stereocenters. The molecule has 6 saturated heterocycles. The largest absolute Gasteiger partial charge is 0.467 e. The second kappa shape index (κ2) is 41.6. The quantitative estimate of drug-likeness (QED) is 0.00839. The van der Waals surface area contributed by atoms with Gasteiger partial charge in [-0.15, -0.1) is 0 Å². The lowest BCUT2D eigenvalue weighted by Crippen LogP contribution is -2.73. The van der Waals surface area contributed by atoms with Crippen LogP contribution in [0.2, 0.25) is 0 Å². The summed E-state index contributed by atoms with van der Waals surface area (Å²) in [4.78, 5) is 149. The van der Waals surface area contributed by atoms with Gasteiger partial charge in [0.2, 0.25) is 0 Å². The van der Waals surface area contributed by atoms with Gasteiger partial charge in [0.15, 0.2) is 80.5 Å². The van der Waals surface area contributed by atoms with Gasteiger partial charge in [0.25, 0.3) is 19.4 Å². The van der Waals surface area contributed by atoms with Crippen molar-refractivity contribution >= 4 is 129 Å². The van der Waals surface area contributed by atoms with E-state index in [9.17, 15) is 33.6 Å². The van der Waals surface area contributed by atoms with Crippen molar-refractivity contribution in [2.75, 3.05) is 40.6 Å². The third-order valence-corrected chi connectivity index (χ3v) is 20.4. The van der Waals surface area contributed by atoms with Crippen LogP contribution < -0.4 is 10.6 Å². The zero-order valence-corrected chi connectivity index (χ0v) is 68.0. The average Bonchev–Trinajstić information content (AvgIpc) is 0.747. The Labute approximate surface area is 714 Å². The van der Waals surface area contributed by atoms with Gasteiger partial charge in [0.05, 0.1) is 62.7 Å². The molecule has 6 heterocycles. The molecule has 6 aliphatic rings. The van der Waals surface area contributed by atoms with Crippen molar-refractivity contribution in [1.82, 2.24) is 10.6 Å². The zero-order valence-electron chi connectivity index (χ0n) is 63.4. The van der Waals surface area contributed by atoms with E-state index in [0.717, 1.165) is 14.2 Å². The first-order valence-corrected chi connectivity index (χ1v) is 39.5. The molecule has 6 aromatic rings. The maximum Gasteiger partial charge on any atom is 0.338 e. The summed E-state index contributed by atoms with van der Waals surface area (Å²) < 4.78 is 117. The van der Waals surface area contributed by atoms with E-state index in [1.54, 1.807) is 84.9 Å². The van der Waals surface area contributed by atoms with Crippen molar-refractivity contribution in [2.45, 2.75) is 169 Å². The Morgan fingerprint density at radius 3 is 1.18 bits per heavy atom. The molecule has 638 valence electrons. The number of benzene rings is 6. The molecule has 34 nitrogen and oxygen atoms in total. The van der Waals surface area contributed by atoms with Crippen molar-refractivity contribution in [3.8, 4) is 0 Å². The SMILES string of the molecule is COC(=O)[C@H]1O[C@@H](OCCCN=[N+]=[N-])[C@H](OC(=O)c2ccccc2)[C@@H](OC(=O)c2ccccc2)[C@@H]1O[C@@H]1O[C@@H]2CO[C@@H](c3ccccc3)O[C@H]2[C@H](O[C@@H]2O[C@H](C(=O)OC)[C@@H](O[C@@H]3O[C@@H]4CO[C@@H](c5ccccc5)O[C@H]4[C@H](OC(=O)CCC(C)=O)[C@H]3NC(=O)C(Cl)(Cl)Cl)[C@H](OC(=O)c3ccccc3)[C@H]2OC(=O)c2ccccc2)[C@H]1NC(=O)C(Cl)(Cl)Cl. The molecule has 40 heteroatoms. The fourth-order valence-corrected chi connectivity index (χ4v) is 14.0. The molecule has 22 atom stereocenters. The van der Waals surface area contributed by atoms with Gasteiger partial charge in [-0.1, -0.05) is 208 Å². The first kappa shape index (κ1) is 90.0. The van der Waals surface area contributed by atoms with Gasteiger partial charge in [-0.25, -0.2) is 28.8 Å². The summed E-state index contributed by atoms with van der Waals surface area (Å²) in [6, 6.07) is 41.7. The van der Waals surface area contributed by atoms with Crippen molar-refractivity contribution < 1.29 is 138 Å². The fraction of sp³-hybridized carbons (Fsp3) is 0.425. The van der Waals surface area contributed by atoms with E-state index in [1.165, 1.54) is 104 Å². The number of rotatable bonds is 29. The Hall–Kier alpha value is -9.21. The number of Topliss-reactive ketones (excluding diaryl/α,β-unsaturated/α-hetero) is 1. The fourth-order valence-electron chi connectivity index (χ4n) is 13.7. The van der Waals surface area contributed by atoms with E-state index in [4.69, 9.17) is 165 Å². The smallest absolute Gasteiger partial charge is 0.338 e. The molecule has 2 N–H and O–H groups in total. The van der Waals surface area contributed by atoms with Gasteiger partial charge in [-0.05, 0) is 67.4 Å². The lowest BCUT2D eigenvalue weighted by molar-refractivity contribution is -0.394. The van der Waals surface area contributed by atoms with Crippen LogP contribution in [0, 0.1) is 0 Å². The predicted octanol–water partition coefficient (Wildman–Crippen LogP) is 9.23. The number of nitrogens with one attached hydrogen (secondary N) is 2. The van der Waals surface area contributed by atoms with Gasteiger partial charge in [0.1, 0.15) is 60.6 Å². The third kappa shape index (κ3) is 22.5. The number of fused-ring (bicyclic) bond motifs is 2. The Morgan fingerprint density at radius 1 is 0.433 bits per heavy atom. The number of hydrogen-bond donors (Lipinski definition) is 2. The second-order valence-corrected chi connectivity index (χ2v) is 32.0. The van der Waals surface area contributed by atoms with E-state index < -0.39 is 222 Å². The van der Waals surface area contributed by atoms with Crippen LogP contribution in [0.3, 0.4) is 0 Å². The van der Waals surface area contributed by atoms with Crippen molar-refractivity contribution in [3.05, 3.63) is 226 Å². The number of amides is 2. The van der Waals surface area contributed by atoms with Crippen LogP contribution in [0.1, 0.15) is 91.3 Å². The molecule has 6 fully saturated rings. The minimum absolute atomic E-state index is 0.00268. The zero-order chi connectivity index (χ0) is 85.4. The number of ketones is 1. The van der Waals surface area contributed by atoms with Gasteiger partial charge < -0.3 is 105 Å². The number of alkyl halides is 6. The highest BCUT2D eigenvalue weighted by Gasteiger charge is 2.64. The lowest BCUT2D eigenvalue weighted by atomic mass is 9.92. The Bertz CT molecular complexity index is 4590. The van der Waals surface area contributed by atoms with Crippen LogP contribution in [0.25, 0.3) is 10.4 Å². The Kier molecular flexibility index (Phi) is 31.2. The second-order valence-electron chi connectivity index (χ2n) is 27.4. The number of nitrogens with zero attached hydrogens (tertiary/aromatic N) is 3. The molecule has 0 aliphatic carbocycles. The Morgan fingerprint density at radius 2 is 0.792 bits per heavy atom. The molecule has 6 aromatic carbocycles. The van der Waals surface area contributed by atoms with Gasteiger partial charge in [-0.3, -0.25) is 14.4 Å². The van der Waals surface area contributed by atoms with Crippen LogP contribution in [0.5, 0.6) is 0 Å². The number of carbonyl (C=O) groups is 10.